The molecular weight excluding hydrogens is 256 g/mol. The minimum Gasteiger partial charge on any atom is -0.493 e. The van der Waals surface area contributed by atoms with Crippen molar-refractivity contribution in [3.8, 4) is 5.75 Å². The second-order valence-corrected chi connectivity index (χ2v) is 4.60. The Bertz CT molecular complexity index is 581. The van der Waals surface area contributed by atoms with E-state index >= 15 is 0 Å². The molecule has 0 aliphatic rings. The van der Waals surface area contributed by atoms with Gasteiger partial charge in [-0.2, -0.15) is 0 Å². The predicted octanol–water partition coefficient (Wildman–Crippen LogP) is 3.30. The molecule has 0 spiro atoms. The lowest BCUT2D eigenvalue weighted by atomic mass is 10.2. The molecule has 1 aromatic carbocycles. The fourth-order valence-electron chi connectivity index (χ4n) is 1.88. The van der Waals surface area contributed by atoms with Gasteiger partial charge in [-0.25, -0.2) is 4.79 Å². The highest BCUT2D eigenvalue weighted by atomic mass is 16.5. The smallest absolute Gasteiger partial charge is 0.373 e. The van der Waals surface area contributed by atoms with Crippen molar-refractivity contribution < 1.29 is 18.7 Å². The van der Waals surface area contributed by atoms with Crippen molar-refractivity contribution in [2.75, 3.05) is 13.7 Å². The van der Waals surface area contributed by atoms with Gasteiger partial charge < -0.3 is 13.9 Å². The number of benzene rings is 1. The van der Waals surface area contributed by atoms with Crippen LogP contribution in [0.1, 0.15) is 27.4 Å². The zero-order chi connectivity index (χ0) is 14.5. The third kappa shape index (κ3) is 3.41. The molecule has 2 aromatic rings. The maximum atomic E-state index is 11.4. The first kappa shape index (κ1) is 14.2. The summed E-state index contributed by atoms with van der Waals surface area (Å²) in [7, 11) is 1.33. The Balaban J connectivity index is 1.92. The molecule has 0 bridgehead atoms. The number of hydrogen-bond acceptors (Lipinski definition) is 4. The fourth-order valence-corrected chi connectivity index (χ4v) is 1.88. The molecule has 1 heterocycles. The number of furan rings is 1. The van der Waals surface area contributed by atoms with E-state index < -0.39 is 5.97 Å². The van der Waals surface area contributed by atoms with Crippen molar-refractivity contribution >= 4 is 5.97 Å². The highest BCUT2D eigenvalue weighted by molar-refractivity contribution is 5.86. The molecule has 0 saturated carbocycles. The van der Waals surface area contributed by atoms with Gasteiger partial charge in [-0.1, -0.05) is 17.7 Å². The summed E-state index contributed by atoms with van der Waals surface area (Å²) in [6.07, 6.45) is 0.681. The van der Waals surface area contributed by atoms with Crippen molar-refractivity contribution in [1.29, 1.82) is 0 Å². The zero-order valence-electron chi connectivity index (χ0n) is 11.9. The number of hydrogen-bond donors (Lipinski definition) is 0. The normalized spacial score (nSPS) is 10.3. The molecule has 0 aliphatic heterocycles. The summed E-state index contributed by atoms with van der Waals surface area (Å²) in [6.45, 7) is 4.39. The first-order valence-electron chi connectivity index (χ1n) is 6.47. The minimum atomic E-state index is -0.459. The van der Waals surface area contributed by atoms with Crippen molar-refractivity contribution in [3.05, 3.63) is 53.0 Å². The quantitative estimate of drug-likeness (QED) is 0.785. The molecule has 0 atom stereocenters. The van der Waals surface area contributed by atoms with Crippen molar-refractivity contribution in [3.63, 3.8) is 0 Å². The van der Waals surface area contributed by atoms with E-state index in [1.54, 1.807) is 6.07 Å². The van der Waals surface area contributed by atoms with Crippen LogP contribution in [0.25, 0.3) is 0 Å². The summed E-state index contributed by atoms with van der Waals surface area (Å²) in [6, 6.07) is 9.61. The van der Waals surface area contributed by atoms with Gasteiger partial charge in [0.05, 0.1) is 13.7 Å². The van der Waals surface area contributed by atoms with Crippen LogP contribution in [0.2, 0.25) is 0 Å². The lowest BCUT2D eigenvalue weighted by molar-refractivity contribution is 0.0563. The Labute approximate surface area is 118 Å². The summed E-state index contributed by atoms with van der Waals surface area (Å²) < 4.78 is 15.6. The molecule has 2 rings (SSSR count). The Hall–Kier alpha value is -2.23. The monoisotopic (exact) mass is 274 g/mol. The molecule has 0 radical (unpaired) electrons. The predicted molar refractivity (Wildman–Crippen MR) is 75.2 cm³/mol. The summed E-state index contributed by atoms with van der Waals surface area (Å²) in [5.41, 5.74) is 2.16. The number of aryl methyl sites for hydroxylation is 2. The van der Waals surface area contributed by atoms with Crippen LogP contribution in [0.4, 0.5) is 0 Å². The highest BCUT2D eigenvalue weighted by Crippen LogP contribution is 2.17. The molecule has 4 nitrogen and oxygen atoms in total. The Kier molecular flexibility index (Phi) is 4.45. The molecule has 0 aliphatic carbocycles. The van der Waals surface area contributed by atoms with Gasteiger partial charge in [-0.05, 0) is 37.6 Å². The van der Waals surface area contributed by atoms with Crippen LogP contribution in [0.3, 0.4) is 0 Å². The molecule has 106 valence electrons. The molecule has 0 unspecified atom stereocenters. The molecule has 4 heteroatoms. The average molecular weight is 274 g/mol. The highest BCUT2D eigenvalue weighted by Gasteiger charge is 2.14. The van der Waals surface area contributed by atoms with Crippen LogP contribution in [-0.4, -0.2) is 19.7 Å². The summed E-state index contributed by atoms with van der Waals surface area (Å²) >= 11 is 0. The second kappa shape index (κ2) is 6.28. The van der Waals surface area contributed by atoms with Gasteiger partial charge in [0.2, 0.25) is 5.76 Å². The number of esters is 1. The van der Waals surface area contributed by atoms with E-state index in [0.29, 0.717) is 13.0 Å². The summed E-state index contributed by atoms with van der Waals surface area (Å²) in [5, 5.41) is 0. The second-order valence-electron chi connectivity index (χ2n) is 4.60. The number of carbonyl (C=O) groups is 1. The van der Waals surface area contributed by atoms with Gasteiger partial charge in [-0.15, -0.1) is 0 Å². The Morgan fingerprint density at radius 2 is 1.90 bits per heavy atom. The molecule has 20 heavy (non-hydrogen) atoms. The Morgan fingerprint density at radius 1 is 1.20 bits per heavy atom. The fraction of sp³-hybridized carbons (Fsp3) is 0.312. The number of rotatable bonds is 5. The van der Waals surface area contributed by atoms with Gasteiger partial charge >= 0.3 is 5.97 Å². The third-order valence-corrected chi connectivity index (χ3v) is 3.07. The zero-order valence-corrected chi connectivity index (χ0v) is 11.9. The van der Waals surface area contributed by atoms with Crippen molar-refractivity contribution in [1.82, 2.24) is 0 Å². The van der Waals surface area contributed by atoms with E-state index in [0.717, 1.165) is 17.1 Å². The van der Waals surface area contributed by atoms with Crippen LogP contribution in [0, 0.1) is 13.8 Å². The molecular formula is C16H18O4. The summed E-state index contributed by atoms with van der Waals surface area (Å²) in [4.78, 5) is 11.4. The number of methoxy groups -OCH3 is 1. The van der Waals surface area contributed by atoms with E-state index in [9.17, 15) is 4.79 Å². The van der Waals surface area contributed by atoms with Crippen LogP contribution in [-0.2, 0) is 11.2 Å². The molecule has 0 saturated heterocycles. The van der Waals surface area contributed by atoms with E-state index in [2.05, 4.69) is 4.74 Å². The topological polar surface area (TPSA) is 48.7 Å². The Morgan fingerprint density at radius 3 is 2.55 bits per heavy atom. The first-order chi connectivity index (χ1) is 9.60. The van der Waals surface area contributed by atoms with Crippen LogP contribution < -0.4 is 4.74 Å². The standard InChI is InChI=1S/C16H18O4/c1-11-4-6-14(7-5-11)19-9-8-13-10-15(16(17)18-3)20-12(13)2/h4-7,10H,8-9H2,1-3H3. The largest absolute Gasteiger partial charge is 0.493 e. The average Bonchev–Trinajstić information content (AvgIpc) is 2.82. The minimum absolute atomic E-state index is 0.232. The van der Waals surface area contributed by atoms with Gasteiger partial charge in [0.1, 0.15) is 11.5 Å². The van der Waals surface area contributed by atoms with Gasteiger partial charge in [0.15, 0.2) is 0 Å². The van der Waals surface area contributed by atoms with Crippen LogP contribution >= 0.6 is 0 Å². The van der Waals surface area contributed by atoms with Gasteiger partial charge in [0.25, 0.3) is 0 Å². The number of ether oxygens (including phenoxy) is 2. The molecule has 0 N–H and O–H groups in total. The van der Waals surface area contributed by atoms with Gasteiger partial charge in [0, 0.05) is 6.42 Å². The van der Waals surface area contributed by atoms with E-state index in [1.807, 2.05) is 38.1 Å². The van der Waals surface area contributed by atoms with Crippen LogP contribution in [0.5, 0.6) is 5.75 Å². The number of carbonyl (C=O) groups excluding carboxylic acids is 1. The third-order valence-electron chi connectivity index (χ3n) is 3.07. The van der Waals surface area contributed by atoms with E-state index in [-0.39, 0.29) is 5.76 Å². The first-order valence-corrected chi connectivity index (χ1v) is 6.47. The van der Waals surface area contributed by atoms with E-state index in [4.69, 9.17) is 9.15 Å². The lowest BCUT2D eigenvalue weighted by Crippen LogP contribution is -2.02. The van der Waals surface area contributed by atoms with Crippen molar-refractivity contribution in [2.24, 2.45) is 0 Å². The van der Waals surface area contributed by atoms with Crippen molar-refractivity contribution in [2.45, 2.75) is 20.3 Å². The molecule has 0 amide bonds. The van der Waals surface area contributed by atoms with Crippen LogP contribution in [0.15, 0.2) is 34.7 Å². The molecule has 0 fully saturated rings. The van der Waals surface area contributed by atoms with Gasteiger partial charge in [-0.3, -0.25) is 0 Å². The van der Waals surface area contributed by atoms with E-state index in [1.165, 1.54) is 12.7 Å². The molecule has 1 aromatic heterocycles. The lowest BCUT2D eigenvalue weighted by Gasteiger charge is -2.05. The SMILES string of the molecule is COC(=O)c1cc(CCOc2ccc(C)cc2)c(C)o1. The maximum Gasteiger partial charge on any atom is 0.373 e. The summed E-state index contributed by atoms with van der Waals surface area (Å²) in [5.74, 6) is 1.33. The maximum absolute atomic E-state index is 11.4.